The van der Waals surface area contributed by atoms with Gasteiger partial charge in [-0.25, -0.2) is 4.79 Å². The minimum absolute atomic E-state index is 1.68. The fourth-order valence-corrected chi connectivity index (χ4v) is 0.535. The van der Waals surface area contributed by atoms with Gasteiger partial charge in [-0.05, 0) is 0 Å². The molecule has 0 bridgehead atoms. The summed E-state index contributed by atoms with van der Waals surface area (Å²) >= 11 is 0. The van der Waals surface area contributed by atoms with Gasteiger partial charge in [0.2, 0.25) is 0 Å². The molecule has 0 radical (unpaired) electrons. The van der Waals surface area contributed by atoms with Crippen LogP contribution in [0.4, 0.5) is 0 Å². The molecule has 10 heavy (non-hydrogen) atoms. The predicted molar refractivity (Wildman–Crippen MR) is 29.0 cm³/mol. The van der Waals surface area contributed by atoms with Gasteiger partial charge in [0.15, 0.2) is 12.2 Å². The van der Waals surface area contributed by atoms with Crippen LogP contribution in [0.5, 0.6) is 0 Å². The van der Waals surface area contributed by atoms with E-state index >= 15 is 0 Å². The van der Waals surface area contributed by atoms with Crippen molar-refractivity contribution in [1.29, 1.82) is 0 Å². The molecule has 3 unspecified atom stereocenters. The van der Waals surface area contributed by atoms with Crippen LogP contribution in [0.3, 0.4) is 0 Å². The average Bonchev–Trinajstić information content (AvgIpc) is 2.09. The molecule has 58 valence electrons. The summed E-state index contributed by atoms with van der Waals surface area (Å²) in [6.07, 6.45) is -8.90. The molecule has 1 saturated heterocycles. The lowest BCUT2D eigenvalue weighted by molar-refractivity contribution is -0.148. The van der Waals surface area contributed by atoms with Gasteiger partial charge in [-0.3, -0.25) is 0 Å². The van der Waals surface area contributed by atoms with E-state index in [0.29, 0.717) is 0 Å². The van der Waals surface area contributed by atoms with E-state index in [2.05, 4.69) is 4.74 Å². The van der Waals surface area contributed by atoms with E-state index in [-0.39, 0.29) is 0 Å². The molecule has 3 atom stereocenters. The van der Waals surface area contributed by atoms with Crippen LogP contribution in [-0.2, 0) is 9.53 Å². The van der Waals surface area contributed by atoms with E-state index in [1.807, 2.05) is 0 Å². The lowest BCUT2D eigenvalue weighted by atomic mass is 10.1. The molecule has 0 aliphatic carbocycles. The van der Waals surface area contributed by atoms with Crippen molar-refractivity contribution < 1.29 is 30.3 Å². The first-order valence-electron chi connectivity index (χ1n) is 4.39. The number of rotatable bonds is 1. The van der Waals surface area contributed by atoms with Crippen molar-refractivity contribution in [1.82, 2.24) is 0 Å². The van der Waals surface area contributed by atoms with Crippen molar-refractivity contribution in [3.8, 4) is 0 Å². The van der Waals surface area contributed by atoms with Gasteiger partial charge in [-0.15, -0.1) is 0 Å². The van der Waals surface area contributed by atoms with Crippen LogP contribution in [-0.4, -0.2) is 46.1 Å². The molecule has 0 saturated carbocycles. The Kier molecular flexibility index (Phi) is 0.926. The van der Waals surface area contributed by atoms with Crippen LogP contribution < -0.4 is 0 Å². The minimum Gasteiger partial charge on any atom is -0.455 e. The number of carbonyl (C=O) groups excluding carboxylic acids is 1. The molecule has 1 aliphatic rings. The molecule has 0 amide bonds. The number of aliphatic hydroxyl groups is 3. The Morgan fingerprint density at radius 1 is 1.80 bits per heavy atom. The number of carbonyl (C=O) groups is 1. The summed E-state index contributed by atoms with van der Waals surface area (Å²) in [5.74, 6) is -1.68. The second-order valence-electron chi connectivity index (χ2n) is 1.65. The maximum absolute atomic E-state index is 10.8. The van der Waals surface area contributed by atoms with Crippen LogP contribution in [0.1, 0.15) is 5.48 Å². The number of hydrogen-bond donors (Lipinski definition) is 3. The average molecular weight is 152 g/mol. The first-order chi connectivity index (χ1) is 6.01. The molecule has 5 heteroatoms. The Labute approximate surface area is 62.5 Å². The Morgan fingerprint density at radius 3 is 2.60 bits per heavy atom. The fraction of sp³-hybridized carbons (Fsp3) is 0.800. The van der Waals surface area contributed by atoms with E-state index in [9.17, 15) is 9.90 Å². The topological polar surface area (TPSA) is 87.0 Å². The van der Waals surface area contributed by atoms with Crippen molar-refractivity contribution in [2.24, 2.45) is 0 Å². The highest BCUT2D eigenvalue weighted by Gasteiger charge is 2.41. The highest BCUT2D eigenvalue weighted by atomic mass is 16.6. The first-order valence-corrected chi connectivity index (χ1v) is 2.39. The molecule has 0 aromatic rings. The lowest BCUT2D eigenvalue weighted by Gasteiger charge is -2.08. The van der Waals surface area contributed by atoms with Crippen molar-refractivity contribution in [3.05, 3.63) is 0 Å². The monoisotopic (exact) mass is 152 g/mol. The number of esters is 1. The molecule has 0 aromatic carbocycles. The van der Waals surface area contributed by atoms with Crippen molar-refractivity contribution in [3.63, 3.8) is 0 Å². The Morgan fingerprint density at radius 2 is 2.40 bits per heavy atom. The summed E-state index contributed by atoms with van der Waals surface area (Å²) in [6, 6.07) is 0. The van der Waals surface area contributed by atoms with Crippen LogP contribution in [0.25, 0.3) is 0 Å². The molecule has 5 nitrogen and oxygen atoms in total. The standard InChI is InChI=1S/C5H8O5/c6-1-2-3(7)4(8)5(9)10-2/h2-4,6-8H,1H2/i1D2,3D,4D. The summed E-state index contributed by atoms with van der Waals surface area (Å²) in [5, 5.41) is 27.0. The van der Waals surface area contributed by atoms with Crippen molar-refractivity contribution in [2.45, 2.75) is 18.3 Å². The largest absolute Gasteiger partial charge is 0.455 e. The molecule has 0 aromatic heterocycles. The minimum atomic E-state index is -3.31. The number of hydrogen-bond acceptors (Lipinski definition) is 5. The maximum atomic E-state index is 10.8. The molecular formula is C5H8O5. The fourth-order valence-electron chi connectivity index (χ4n) is 0.535. The van der Waals surface area contributed by atoms with Crippen LogP contribution in [0.15, 0.2) is 0 Å². The van der Waals surface area contributed by atoms with E-state index < -0.39 is 30.8 Å². The molecule has 1 rings (SSSR count). The Hall–Kier alpha value is -0.650. The third-order valence-electron chi connectivity index (χ3n) is 1.03. The zero-order valence-electron chi connectivity index (χ0n) is 8.74. The molecule has 0 spiro atoms. The van der Waals surface area contributed by atoms with Gasteiger partial charge in [-0.1, -0.05) is 0 Å². The summed E-state index contributed by atoms with van der Waals surface area (Å²) in [6.45, 7) is -3.21. The van der Waals surface area contributed by atoms with Crippen LogP contribution in [0.2, 0.25) is 0 Å². The summed E-state index contributed by atoms with van der Waals surface area (Å²) in [7, 11) is 0. The smallest absolute Gasteiger partial charge is 0.338 e. The second kappa shape index (κ2) is 2.53. The molecule has 1 aliphatic heterocycles. The second-order valence-corrected chi connectivity index (χ2v) is 1.65. The van der Waals surface area contributed by atoms with E-state index in [4.69, 9.17) is 15.7 Å². The predicted octanol–water partition coefficient (Wildman–Crippen LogP) is -2.37. The molecule has 1 heterocycles. The highest BCUT2D eigenvalue weighted by molar-refractivity contribution is 5.77. The summed E-state index contributed by atoms with van der Waals surface area (Å²) in [5.41, 5.74) is 0. The normalized spacial score (nSPS) is 61.9. The van der Waals surface area contributed by atoms with Crippen LogP contribution >= 0.6 is 0 Å². The van der Waals surface area contributed by atoms with Gasteiger partial charge in [0.05, 0.1) is 12.0 Å². The summed E-state index contributed by atoms with van der Waals surface area (Å²) < 4.78 is 31.3. The van der Waals surface area contributed by atoms with Gasteiger partial charge < -0.3 is 20.1 Å². The highest BCUT2D eigenvalue weighted by Crippen LogP contribution is 2.14. The maximum Gasteiger partial charge on any atom is 0.338 e. The van der Waals surface area contributed by atoms with Crippen molar-refractivity contribution >= 4 is 5.97 Å². The van der Waals surface area contributed by atoms with E-state index in [1.165, 1.54) is 0 Å². The zero-order chi connectivity index (χ0) is 11.4. The van der Waals surface area contributed by atoms with Crippen molar-refractivity contribution in [2.75, 3.05) is 6.56 Å². The van der Waals surface area contributed by atoms with Gasteiger partial charge in [0, 0.05) is 0 Å². The number of cyclic esters (lactones) is 1. The number of ether oxygens (including phenoxy) is 1. The van der Waals surface area contributed by atoms with Gasteiger partial charge in [-0.2, -0.15) is 0 Å². The molecule has 1 fully saturated rings. The third-order valence-corrected chi connectivity index (χ3v) is 1.03. The van der Waals surface area contributed by atoms with E-state index in [0.717, 1.165) is 0 Å². The zero-order valence-corrected chi connectivity index (χ0v) is 4.74. The third kappa shape index (κ3) is 0.985. The summed E-state index contributed by atoms with van der Waals surface area (Å²) in [4.78, 5) is 10.8. The van der Waals surface area contributed by atoms with Gasteiger partial charge >= 0.3 is 5.97 Å². The van der Waals surface area contributed by atoms with Gasteiger partial charge in [0.1, 0.15) is 6.08 Å². The van der Waals surface area contributed by atoms with Crippen LogP contribution in [0, 0.1) is 0 Å². The quantitative estimate of drug-likeness (QED) is 0.365. The van der Waals surface area contributed by atoms with E-state index in [1.54, 1.807) is 0 Å². The molecular weight excluding hydrogens is 140 g/mol. The first kappa shape index (κ1) is 3.66. The lowest BCUT2D eigenvalue weighted by Crippen LogP contribution is -2.32. The Balaban J connectivity index is 3.13. The SMILES string of the molecule is [2H]C([2H])(O)C1OC(=O)C([2H])(O)C1([2H])O. The Bertz CT molecular complexity index is 270. The van der Waals surface area contributed by atoms with Gasteiger partial charge in [0.25, 0.3) is 0 Å². The molecule has 3 N–H and O–H groups in total.